The molecule has 0 bridgehead atoms. The largest absolute Gasteiger partial charge is 0.350 e. The van der Waals surface area contributed by atoms with E-state index in [1.54, 1.807) is 6.92 Å². The molecule has 0 aromatic rings. The van der Waals surface area contributed by atoms with Crippen molar-refractivity contribution in [3.05, 3.63) is 23.8 Å². The number of carbonyl (C=O) groups is 1. The van der Waals surface area contributed by atoms with Crippen LogP contribution in [-0.4, -0.2) is 11.9 Å². The molecule has 0 saturated heterocycles. The van der Waals surface area contributed by atoms with E-state index in [-0.39, 0.29) is 13.4 Å². The summed E-state index contributed by atoms with van der Waals surface area (Å²) in [6.07, 6.45) is 9.68. The van der Waals surface area contributed by atoms with Gasteiger partial charge in [-0.2, -0.15) is 0 Å². The Labute approximate surface area is 81.2 Å². The summed E-state index contributed by atoms with van der Waals surface area (Å²) in [6.45, 7) is 3.65. The number of nitrogens with one attached hydrogen (secondary N) is 1. The van der Waals surface area contributed by atoms with Crippen molar-refractivity contribution in [1.82, 2.24) is 5.32 Å². The van der Waals surface area contributed by atoms with Crippen LogP contribution in [0, 0.1) is 0 Å². The summed E-state index contributed by atoms with van der Waals surface area (Å²) in [5.41, 5.74) is 1.25. The highest BCUT2D eigenvalue weighted by atomic mass is 16.1. The third-order valence-corrected chi connectivity index (χ3v) is 2.21. The van der Waals surface area contributed by atoms with Crippen LogP contribution in [0.5, 0.6) is 0 Å². The number of allylic oxidation sites excluding steroid dienone is 2. The zero-order valence-corrected chi connectivity index (χ0v) is 8.34. The monoisotopic (exact) mass is 181 g/mol. The van der Waals surface area contributed by atoms with Gasteiger partial charge in [0.1, 0.15) is 0 Å². The predicted molar refractivity (Wildman–Crippen MR) is 56.5 cm³/mol. The maximum atomic E-state index is 10.9. The Morgan fingerprint density at radius 1 is 1.69 bits per heavy atom. The summed E-state index contributed by atoms with van der Waals surface area (Å²) >= 11 is 0. The first-order chi connectivity index (χ1) is 6.24. The predicted octanol–water partition coefficient (Wildman–Crippen LogP) is 2.42. The molecular formula is C11H19NO. The van der Waals surface area contributed by atoms with Crippen molar-refractivity contribution in [1.29, 1.82) is 0 Å². The topological polar surface area (TPSA) is 29.1 Å². The fourth-order valence-electron chi connectivity index (χ4n) is 1.56. The average Bonchev–Trinajstić information content (AvgIpc) is 2.15. The second-order valence-electron chi connectivity index (χ2n) is 3.35. The molecule has 0 radical (unpaired) electrons. The Hall–Kier alpha value is -1.05. The minimum absolute atomic E-state index is 0. The Balaban J connectivity index is 0.00000169. The zero-order valence-electron chi connectivity index (χ0n) is 8.34. The fraction of sp³-hybridized carbons (Fsp3) is 0.545. The van der Waals surface area contributed by atoms with Gasteiger partial charge in [0.15, 0.2) is 0 Å². The molecule has 1 aliphatic rings. The van der Waals surface area contributed by atoms with Crippen LogP contribution in [0.1, 0.15) is 34.5 Å². The van der Waals surface area contributed by atoms with Gasteiger partial charge in [-0.15, -0.1) is 0 Å². The van der Waals surface area contributed by atoms with Crippen molar-refractivity contribution < 1.29 is 6.22 Å². The quantitative estimate of drug-likeness (QED) is 0.711. The number of amides is 1. The lowest BCUT2D eigenvalue weighted by Gasteiger charge is -2.19. The molecule has 0 aromatic heterocycles. The Morgan fingerprint density at radius 2 is 2.46 bits per heavy atom. The maximum Gasteiger partial charge on any atom is 0.217 e. The maximum absolute atomic E-state index is 10.9. The summed E-state index contributed by atoms with van der Waals surface area (Å²) in [7, 11) is 0. The Bertz CT molecular complexity index is 246. The average molecular weight is 181 g/mol. The van der Waals surface area contributed by atoms with E-state index in [1.807, 2.05) is 0 Å². The SMILES string of the molecule is CC[C@@H](NC(C)=O)C1=CCCC=C1.[HH]. The van der Waals surface area contributed by atoms with E-state index >= 15 is 0 Å². The van der Waals surface area contributed by atoms with Crippen LogP contribution in [-0.2, 0) is 4.79 Å². The molecule has 1 amide bonds. The molecule has 0 unspecified atom stereocenters. The first kappa shape index (κ1) is 10.0. The van der Waals surface area contributed by atoms with Gasteiger partial charge in [0.25, 0.3) is 0 Å². The van der Waals surface area contributed by atoms with Crippen molar-refractivity contribution >= 4 is 5.91 Å². The summed E-state index contributed by atoms with van der Waals surface area (Å²) in [5.74, 6) is 0.0479. The van der Waals surface area contributed by atoms with Crippen molar-refractivity contribution in [3.8, 4) is 0 Å². The number of hydrogen-bond donors (Lipinski definition) is 1. The first-order valence-corrected chi connectivity index (χ1v) is 4.87. The van der Waals surface area contributed by atoms with Crippen molar-refractivity contribution in [2.45, 2.75) is 39.2 Å². The first-order valence-electron chi connectivity index (χ1n) is 4.87. The standard InChI is InChI=1S/C11H17NO.H2/c1-3-11(12-9(2)13)10-7-5-4-6-8-10;/h5,7-8,11H,3-4,6H2,1-2H3,(H,12,13);1H/t11-;/m1./s1. The molecule has 0 spiro atoms. The third-order valence-electron chi connectivity index (χ3n) is 2.21. The molecule has 2 heteroatoms. The molecule has 1 atom stereocenters. The summed E-state index contributed by atoms with van der Waals surface area (Å²) in [4.78, 5) is 10.9. The molecule has 1 rings (SSSR count). The molecule has 1 N–H and O–H groups in total. The van der Waals surface area contributed by atoms with E-state index in [2.05, 4.69) is 30.5 Å². The summed E-state index contributed by atoms with van der Waals surface area (Å²) in [6, 6.07) is 0.203. The minimum Gasteiger partial charge on any atom is -0.350 e. The van der Waals surface area contributed by atoms with Crippen LogP contribution in [0.2, 0.25) is 0 Å². The van der Waals surface area contributed by atoms with Crippen LogP contribution >= 0.6 is 0 Å². The second-order valence-corrected chi connectivity index (χ2v) is 3.35. The van der Waals surface area contributed by atoms with Gasteiger partial charge in [-0.3, -0.25) is 4.79 Å². The molecule has 1 aliphatic carbocycles. The molecule has 0 aromatic carbocycles. The highest BCUT2D eigenvalue weighted by Gasteiger charge is 2.11. The van der Waals surface area contributed by atoms with E-state index in [9.17, 15) is 4.79 Å². The second kappa shape index (κ2) is 4.85. The fourth-order valence-corrected chi connectivity index (χ4v) is 1.56. The summed E-state index contributed by atoms with van der Waals surface area (Å²) < 4.78 is 0. The van der Waals surface area contributed by atoms with Gasteiger partial charge in [0, 0.05) is 8.35 Å². The van der Waals surface area contributed by atoms with E-state index in [0.717, 1.165) is 19.3 Å². The van der Waals surface area contributed by atoms with Gasteiger partial charge in [0.05, 0.1) is 6.04 Å². The van der Waals surface area contributed by atoms with Crippen LogP contribution in [0.25, 0.3) is 0 Å². The molecule has 13 heavy (non-hydrogen) atoms. The van der Waals surface area contributed by atoms with Gasteiger partial charge in [-0.05, 0) is 24.8 Å². The van der Waals surface area contributed by atoms with E-state index in [1.165, 1.54) is 5.57 Å². The van der Waals surface area contributed by atoms with E-state index in [4.69, 9.17) is 0 Å². The minimum atomic E-state index is 0. The Kier molecular flexibility index (Phi) is 3.74. The lowest BCUT2D eigenvalue weighted by atomic mass is 9.98. The molecule has 2 nitrogen and oxygen atoms in total. The molecule has 0 heterocycles. The van der Waals surface area contributed by atoms with Gasteiger partial charge in [0.2, 0.25) is 5.91 Å². The molecule has 0 aliphatic heterocycles. The van der Waals surface area contributed by atoms with Gasteiger partial charge in [-0.1, -0.05) is 25.2 Å². The molecule has 0 fully saturated rings. The van der Waals surface area contributed by atoms with Gasteiger partial charge in [-0.25, -0.2) is 0 Å². The lowest BCUT2D eigenvalue weighted by molar-refractivity contribution is -0.119. The van der Waals surface area contributed by atoms with Crippen molar-refractivity contribution in [2.24, 2.45) is 0 Å². The summed E-state index contributed by atoms with van der Waals surface area (Å²) in [5, 5.41) is 2.94. The van der Waals surface area contributed by atoms with Crippen LogP contribution in [0.3, 0.4) is 0 Å². The van der Waals surface area contributed by atoms with Crippen LogP contribution in [0.15, 0.2) is 23.8 Å². The Morgan fingerprint density at radius 3 is 2.92 bits per heavy atom. The van der Waals surface area contributed by atoms with Crippen molar-refractivity contribution in [3.63, 3.8) is 0 Å². The van der Waals surface area contributed by atoms with Crippen LogP contribution < -0.4 is 5.32 Å². The highest BCUT2D eigenvalue weighted by Crippen LogP contribution is 2.15. The zero-order chi connectivity index (χ0) is 9.68. The third kappa shape index (κ3) is 3.05. The smallest absolute Gasteiger partial charge is 0.217 e. The molecular weight excluding hydrogens is 162 g/mol. The number of hydrogen-bond acceptors (Lipinski definition) is 1. The molecule has 74 valence electrons. The molecule has 0 saturated carbocycles. The van der Waals surface area contributed by atoms with Gasteiger partial charge >= 0.3 is 0 Å². The highest BCUT2D eigenvalue weighted by molar-refractivity contribution is 5.73. The van der Waals surface area contributed by atoms with Crippen LogP contribution in [0.4, 0.5) is 0 Å². The normalized spacial score (nSPS) is 17.8. The van der Waals surface area contributed by atoms with Crippen molar-refractivity contribution in [2.75, 3.05) is 0 Å². The lowest BCUT2D eigenvalue weighted by Crippen LogP contribution is -2.33. The van der Waals surface area contributed by atoms with Gasteiger partial charge < -0.3 is 5.32 Å². The number of carbonyl (C=O) groups excluding carboxylic acids is 1. The number of rotatable bonds is 3. The van der Waals surface area contributed by atoms with E-state index in [0.29, 0.717) is 0 Å². The van der Waals surface area contributed by atoms with E-state index < -0.39 is 0 Å².